The Balaban J connectivity index is 1.50. The monoisotopic (exact) mass is 275 g/mol. The van der Waals surface area contributed by atoms with E-state index in [0.717, 1.165) is 18.7 Å². The Labute approximate surface area is 124 Å². The van der Waals surface area contributed by atoms with Crippen LogP contribution in [0.4, 0.5) is 5.69 Å². The van der Waals surface area contributed by atoms with Gasteiger partial charge < -0.3 is 10.1 Å². The predicted molar refractivity (Wildman–Crippen MR) is 87.0 cm³/mol. The molecule has 2 nitrogen and oxygen atoms in total. The molecule has 21 heavy (non-hydrogen) atoms. The van der Waals surface area contributed by atoms with Crippen LogP contribution in [0.2, 0.25) is 0 Å². The molecule has 4 rings (SSSR count). The standard InChI is InChI=1S/C19H17NO/c1-3-9-17-14(6-1)8-5-10-18(17)20-13-16-12-15-7-2-4-11-19(15)21-16/h1-11,16,20H,12-13H2. The van der Waals surface area contributed by atoms with E-state index < -0.39 is 0 Å². The van der Waals surface area contributed by atoms with Crippen LogP contribution in [-0.4, -0.2) is 12.6 Å². The molecule has 3 aromatic carbocycles. The van der Waals surface area contributed by atoms with Gasteiger partial charge >= 0.3 is 0 Å². The van der Waals surface area contributed by atoms with Crippen molar-refractivity contribution < 1.29 is 4.74 Å². The number of hydrogen-bond donors (Lipinski definition) is 1. The van der Waals surface area contributed by atoms with Crippen molar-refractivity contribution in [2.24, 2.45) is 0 Å². The molecule has 1 heterocycles. The zero-order chi connectivity index (χ0) is 14.1. The molecule has 0 saturated heterocycles. The van der Waals surface area contributed by atoms with Crippen molar-refractivity contribution in [3.05, 3.63) is 72.3 Å². The Kier molecular flexibility index (Phi) is 3.00. The van der Waals surface area contributed by atoms with E-state index in [1.165, 1.54) is 22.0 Å². The summed E-state index contributed by atoms with van der Waals surface area (Å²) in [6.07, 6.45) is 1.19. The normalized spacial score (nSPS) is 16.5. The Morgan fingerprint density at radius 2 is 1.71 bits per heavy atom. The number of anilines is 1. The fourth-order valence-electron chi connectivity index (χ4n) is 2.97. The molecule has 1 atom stereocenters. The maximum atomic E-state index is 5.98. The van der Waals surface area contributed by atoms with Crippen molar-refractivity contribution in [2.75, 3.05) is 11.9 Å². The van der Waals surface area contributed by atoms with Crippen LogP contribution >= 0.6 is 0 Å². The summed E-state index contributed by atoms with van der Waals surface area (Å²) in [6.45, 7) is 0.822. The number of fused-ring (bicyclic) bond motifs is 2. The topological polar surface area (TPSA) is 21.3 Å². The van der Waals surface area contributed by atoms with Crippen LogP contribution in [0, 0.1) is 0 Å². The van der Waals surface area contributed by atoms with E-state index in [2.05, 4.69) is 59.9 Å². The molecule has 3 aromatic rings. The van der Waals surface area contributed by atoms with Crippen molar-refractivity contribution in [2.45, 2.75) is 12.5 Å². The van der Waals surface area contributed by atoms with Gasteiger partial charge in [0.1, 0.15) is 11.9 Å². The van der Waals surface area contributed by atoms with Gasteiger partial charge in [-0.3, -0.25) is 0 Å². The number of rotatable bonds is 3. The molecule has 0 amide bonds. The van der Waals surface area contributed by atoms with Crippen molar-refractivity contribution >= 4 is 16.5 Å². The largest absolute Gasteiger partial charge is 0.488 e. The van der Waals surface area contributed by atoms with Gasteiger partial charge in [0.15, 0.2) is 0 Å². The zero-order valence-electron chi connectivity index (χ0n) is 11.8. The molecule has 2 heteroatoms. The fraction of sp³-hybridized carbons (Fsp3) is 0.158. The summed E-state index contributed by atoms with van der Waals surface area (Å²) in [7, 11) is 0. The van der Waals surface area contributed by atoms with Crippen LogP contribution in [0.25, 0.3) is 10.8 Å². The lowest BCUT2D eigenvalue weighted by molar-refractivity contribution is 0.246. The summed E-state index contributed by atoms with van der Waals surface area (Å²) in [5.74, 6) is 1.03. The smallest absolute Gasteiger partial charge is 0.123 e. The maximum Gasteiger partial charge on any atom is 0.123 e. The molecule has 1 aliphatic rings. The molecule has 0 saturated carbocycles. The second-order valence-electron chi connectivity index (χ2n) is 5.46. The van der Waals surface area contributed by atoms with E-state index in [9.17, 15) is 0 Å². The van der Waals surface area contributed by atoms with Crippen molar-refractivity contribution in [1.29, 1.82) is 0 Å². The highest BCUT2D eigenvalue weighted by atomic mass is 16.5. The summed E-state index contributed by atoms with van der Waals surface area (Å²) >= 11 is 0. The summed E-state index contributed by atoms with van der Waals surface area (Å²) in [4.78, 5) is 0. The average molecular weight is 275 g/mol. The van der Waals surface area contributed by atoms with E-state index in [1.807, 2.05) is 12.1 Å². The first-order valence-corrected chi connectivity index (χ1v) is 7.36. The van der Waals surface area contributed by atoms with Crippen molar-refractivity contribution in [3.63, 3.8) is 0 Å². The first kappa shape index (κ1) is 12.3. The van der Waals surface area contributed by atoms with Crippen LogP contribution in [0.1, 0.15) is 5.56 Å². The molecule has 104 valence electrons. The van der Waals surface area contributed by atoms with Crippen LogP contribution < -0.4 is 10.1 Å². The van der Waals surface area contributed by atoms with E-state index in [-0.39, 0.29) is 6.10 Å². The lowest BCUT2D eigenvalue weighted by Crippen LogP contribution is -2.24. The van der Waals surface area contributed by atoms with Gasteiger partial charge in [0, 0.05) is 17.5 Å². The number of para-hydroxylation sites is 1. The number of benzene rings is 3. The van der Waals surface area contributed by atoms with E-state index in [4.69, 9.17) is 4.74 Å². The third-order valence-electron chi connectivity index (χ3n) is 4.02. The lowest BCUT2D eigenvalue weighted by atomic mass is 10.1. The highest BCUT2D eigenvalue weighted by Gasteiger charge is 2.21. The lowest BCUT2D eigenvalue weighted by Gasteiger charge is -2.14. The number of nitrogens with one attached hydrogen (secondary N) is 1. The van der Waals surface area contributed by atoms with Crippen molar-refractivity contribution in [3.8, 4) is 5.75 Å². The van der Waals surface area contributed by atoms with E-state index in [0.29, 0.717) is 0 Å². The fourth-order valence-corrected chi connectivity index (χ4v) is 2.97. The minimum Gasteiger partial charge on any atom is -0.488 e. The SMILES string of the molecule is c1ccc2c(c1)CC(CNc1cccc3ccccc13)O2. The molecule has 0 aromatic heterocycles. The molecule has 0 spiro atoms. The van der Waals surface area contributed by atoms with Gasteiger partial charge in [0.05, 0.1) is 6.54 Å². The molecule has 0 radical (unpaired) electrons. The van der Waals surface area contributed by atoms with Gasteiger partial charge in [0.2, 0.25) is 0 Å². The Morgan fingerprint density at radius 3 is 2.67 bits per heavy atom. The number of ether oxygens (including phenoxy) is 1. The first-order valence-electron chi connectivity index (χ1n) is 7.36. The summed E-state index contributed by atoms with van der Waals surface area (Å²) in [5.41, 5.74) is 2.48. The van der Waals surface area contributed by atoms with Gasteiger partial charge in [-0.05, 0) is 23.1 Å². The minimum absolute atomic E-state index is 0.210. The maximum absolute atomic E-state index is 5.98. The Bertz CT molecular complexity index is 751. The van der Waals surface area contributed by atoms with E-state index in [1.54, 1.807) is 0 Å². The van der Waals surface area contributed by atoms with Gasteiger partial charge in [0.25, 0.3) is 0 Å². The molecule has 1 unspecified atom stereocenters. The van der Waals surface area contributed by atoms with E-state index >= 15 is 0 Å². The summed E-state index contributed by atoms with van der Waals surface area (Å²) in [6, 6.07) is 23.1. The Hall–Kier alpha value is -2.48. The minimum atomic E-state index is 0.210. The van der Waals surface area contributed by atoms with Gasteiger partial charge in [-0.2, -0.15) is 0 Å². The molecular formula is C19H17NO. The molecule has 0 bridgehead atoms. The van der Waals surface area contributed by atoms with Gasteiger partial charge in [-0.1, -0.05) is 54.6 Å². The van der Waals surface area contributed by atoms with Crippen LogP contribution in [0.15, 0.2) is 66.7 Å². The quantitative estimate of drug-likeness (QED) is 0.771. The molecule has 0 fully saturated rings. The summed E-state index contributed by atoms with van der Waals surface area (Å²) in [5, 5.41) is 6.06. The van der Waals surface area contributed by atoms with Crippen LogP contribution in [-0.2, 0) is 6.42 Å². The predicted octanol–water partition coefficient (Wildman–Crippen LogP) is 4.26. The first-order chi connectivity index (χ1) is 10.4. The van der Waals surface area contributed by atoms with Crippen LogP contribution in [0.5, 0.6) is 5.75 Å². The highest BCUT2D eigenvalue weighted by molar-refractivity contribution is 5.93. The zero-order valence-corrected chi connectivity index (χ0v) is 11.8. The molecule has 0 aliphatic carbocycles. The summed E-state index contributed by atoms with van der Waals surface area (Å²) < 4.78 is 5.98. The third-order valence-corrected chi connectivity index (χ3v) is 4.02. The molecular weight excluding hydrogens is 258 g/mol. The number of hydrogen-bond acceptors (Lipinski definition) is 2. The van der Waals surface area contributed by atoms with Crippen LogP contribution in [0.3, 0.4) is 0 Å². The Morgan fingerprint density at radius 1 is 0.905 bits per heavy atom. The van der Waals surface area contributed by atoms with Crippen molar-refractivity contribution in [1.82, 2.24) is 0 Å². The van der Waals surface area contributed by atoms with Gasteiger partial charge in [-0.15, -0.1) is 0 Å². The third kappa shape index (κ3) is 2.33. The average Bonchev–Trinajstić information content (AvgIpc) is 2.96. The second kappa shape index (κ2) is 5.13. The van der Waals surface area contributed by atoms with Gasteiger partial charge in [-0.25, -0.2) is 0 Å². The molecule has 1 N–H and O–H groups in total. The highest BCUT2D eigenvalue weighted by Crippen LogP contribution is 2.29. The molecule has 1 aliphatic heterocycles. The second-order valence-corrected chi connectivity index (χ2v) is 5.46.